The number of nitrogens with zero attached hydrogens (tertiary/aromatic N) is 1. The van der Waals surface area contributed by atoms with Gasteiger partial charge in [-0.05, 0) is 0 Å². The molecule has 0 fully saturated rings. The third kappa shape index (κ3) is 2.36. The molecular formula is C7H5INZn. The van der Waals surface area contributed by atoms with E-state index in [-0.39, 0.29) is 24.0 Å². The van der Waals surface area contributed by atoms with Crippen LogP contribution in [0.15, 0.2) is 24.3 Å². The summed E-state index contributed by atoms with van der Waals surface area (Å²) >= 11 is 1.06. The van der Waals surface area contributed by atoms with Crippen LogP contribution in [-0.4, -0.2) is 0 Å². The summed E-state index contributed by atoms with van der Waals surface area (Å²) in [4.78, 5) is 0. The van der Waals surface area contributed by atoms with Gasteiger partial charge in [0, 0.05) is 0 Å². The van der Waals surface area contributed by atoms with Crippen molar-refractivity contribution in [3.8, 4) is 6.07 Å². The van der Waals surface area contributed by atoms with Gasteiger partial charge in [-0.2, -0.15) is 0 Å². The van der Waals surface area contributed by atoms with E-state index in [0.29, 0.717) is 0 Å². The third-order valence-electron chi connectivity index (χ3n) is 1.14. The Morgan fingerprint density at radius 1 is 1.30 bits per heavy atom. The Kier molecular flexibility index (Phi) is 4.84. The van der Waals surface area contributed by atoms with Gasteiger partial charge in [-0.1, -0.05) is 0 Å². The molecule has 1 nitrogen and oxygen atoms in total. The first-order valence-corrected chi connectivity index (χ1v) is 4.14. The maximum absolute atomic E-state index is 8.49. The van der Waals surface area contributed by atoms with Crippen molar-refractivity contribution < 1.29 is 18.3 Å². The van der Waals surface area contributed by atoms with Crippen molar-refractivity contribution >= 4 is 28.1 Å². The quantitative estimate of drug-likeness (QED) is 0.523. The predicted octanol–water partition coefficient (Wildman–Crippen LogP) is 1.35. The van der Waals surface area contributed by atoms with E-state index in [1.807, 2.05) is 24.3 Å². The molecule has 0 saturated carbocycles. The summed E-state index contributed by atoms with van der Waals surface area (Å²) in [6.45, 7) is 0. The molecule has 0 aliphatic carbocycles. The summed E-state index contributed by atoms with van der Waals surface area (Å²) in [5, 5.41) is 8.49. The molecular weight excluding hydrogens is 290 g/mol. The van der Waals surface area contributed by atoms with Crippen molar-refractivity contribution in [2.45, 2.75) is 0 Å². The van der Waals surface area contributed by atoms with Gasteiger partial charge in [0.25, 0.3) is 0 Å². The maximum atomic E-state index is 8.49. The average Bonchev–Trinajstić information content (AvgIpc) is 1.89. The van der Waals surface area contributed by atoms with Crippen LogP contribution in [0.25, 0.3) is 0 Å². The zero-order valence-corrected chi connectivity index (χ0v) is 10.7. The molecule has 0 radical (unpaired) electrons. The van der Waals surface area contributed by atoms with Gasteiger partial charge in [-0.15, -0.1) is 24.0 Å². The zero-order chi connectivity index (χ0) is 6.69. The first-order valence-electron chi connectivity index (χ1n) is 2.65. The summed E-state index contributed by atoms with van der Waals surface area (Å²) in [7, 11) is 0. The van der Waals surface area contributed by atoms with E-state index in [2.05, 4.69) is 6.07 Å². The zero-order valence-electron chi connectivity index (χ0n) is 5.37. The summed E-state index contributed by atoms with van der Waals surface area (Å²) in [6, 6.07) is 9.80. The predicted molar refractivity (Wildman–Crippen MR) is 46.2 cm³/mol. The fourth-order valence-electron chi connectivity index (χ4n) is 0.629. The van der Waals surface area contributed by atoms with Gasteiger partial charge >= 0.3 is 63.6 Å². The summed E-state index contributed by atoms with van der Waals surface area (Å²) in [5.41, 5.74) is 0.817. The van der Waals surface area contributed by atoms with Crippen LogP contribution in [0.3, 0.4) is 0 Å². The van der Waals surface area contributed by atoms with Crippen molar-refractivity contribution in [3.63, 3.8) is 0 Å². The van der Waals surface area contributed by atoms with Crippen molar-refractivity contribution in [2.24, 2.45) is 0 Å². The number of hydrogen-bond acceptors (Lipinski definition) is 1. The van der Waals surface area contributed by atoms with Crippen LogP contribution in [0.4, 0.5) is 0 Å². The normalized spacial score (nSPS) is 7.70. The minimum absolute atomic E-state index is 0. The molecule has 1 rings (SSSR count). The third-order valence-corrected chi connectivity index (χ3v) is 2.43. The monoisotopic (exact) mass is 294 g/mol. The molecule has 0 N–H and O–H groups in total. The van der Waals surface area contributed by atoms with Gasteiger partial charge < -0.3 is 0 Å². The molecule has 0 unspecified atom stereocenters. The second kappa shape index (κ2) is 4.81. The molecule has 0 spiro atoms. The van der Waals surface area contributed by atoms with Crippen LogP contribution in [0, 0.1) is 11.3 Å². The van der Waals surface area contributed by atoms with E-state index in [4.69, 9.17) is 5.26 Å². The molecule has 0 atom stereocenters. The van der Waals surface area contributed by atoms with Crippen LogP contribution in [0.1, 0.15) is 5.56 Å². The number of hydrogen-bond donors (Lipinski definition) is 0. The summed E-state index contributed by atoms with van der Waals surface area (Å²) in [5.74, 6) is 0. The molecule has 0 bridgehead atoms. The van der Waals surface area contributed by atoms with E-state index in [1.165, 1.54) is 4.16 Å². The van der Waals surface area contributed by atoms with Crippen LogP contribution in [0.5, 0.6) is 0 Å². The van der Waals surface area contributed by atoms with Gasteiger partial charge in [0.05, 0.1) is 0 Å². The van der Waals surface area contributed by atoms with Crippen molar-refractivity contribution in [3.05, 3.63) is 29.8 Å². The number of benzene rings is 1. The number of nitriles is 1. The molecule has 1 aromatic carbocycles. The standard InChI is InChI=1S/C7H4N.HI.Zn/c8-6-7-4-2-1-3-5-7;;/h1-4H;1H;. The molecule has 10 heavy (non-hydrogen) atoms. The Hall–Kier alpha value is 0.0634. The van der Waals surface area contributed by atoms with Crippen LogP contribution >= 0.6 is 24.0 Å². The van der Waals surface area contributed by atoms with Gasteiger partial charge in [-0.25, -0.2) is 0 Å². The fourth-order valence-corrected chi connectivity index (χ4v) is 1.33. The van der Waals surface area contributed by atoms with E-state index < -0.39 is 0 Å². The van der Waals surface area contributed by atoms with E-state index in [1.54, 1.807) is 0 Å². The fraction of sp³-hybridized carbons (Fsp3) is 0. The van der Waals surface area contributed by atoms with Crippen molar-refractivity contribution in [2.75, 3.05) is 0 Å². The first-order chi connectivity index (χ1) is 4.34. The molecule has 0 aliphatic heterocycles. The minimum atomic E-state index is 0. The Morgan fingerprint density at radius 3 is 2.30 bits per heavy atom. The Morgan fingerprint density at radius 2 is 1.90 bits per heavy atom. The summed E-state index contributed by atoms with van der Waals surface area (Å²) in [6.07, 6.45) is 0. The van der Waals surface area contributed by atoms with Gasteiger partial charge in [0.2, 0.25) is 0 Å². The summed E-state index contributed by atoms with van der Waals surface area (Å²) < 4.78 is 1.17. The second-order valence-electron chi connectivity index (χ2n) is 1.77. The van der Waals surface area contributed by atoms with Gasteiger partial charge in [0.15, 0.2) is 0 Å². The Labute approximate surface area is 87.1 Å². The van der Waals surface area contributed by atoms with Crippen LogP contribution < -0.4 is 4.16 Å². The van der Waals surface area contributed by atoms with E-state index >= 15 is 0 Å². The molecule has 3 heteroatoms. The average molecular weight is 295 g/mol. The Bertz CT molecular complexity index is 254. The van der Waals surface area contributed by atoms with E-state index in [0.717, 1.165) is 23.9 Å². The molecule has 47 valence electrons. The topological polar surface area (TPSA) is 23.8 Å². The van der Waals surface area contributed by atoms with Crippen LogP contribution in [0.2, 0.25) is 0 Å². The number of rotatable bonds is 0. The van der Waals surface area contributed by atoms with Crippen molar-refractivity contribution in [1.82, 2.24) is 0 Å². The van der Waals surface area contributed by atoms with E-state index in [9.17, 15) is 0 Å². The first kappa shape index (κ1) is 10.1. The molecule has 1 aromatic rings. The van der Waals surface area contributed by atoms with Gasteiger partial charge in [-0.3, -0.25) is 0 Å². The molecule has 0 heterocycles. The SMILES string of the molecule is I.N#Cc1cccc[c]1[Zn]. The number of halogens is 1. The second-order valence-corrected chi connectivity index (χ2v) is 3.37. The molecule has 0 aliphatic rings. The molecule has 0 aromatic heterocycles. The molecule has 0 saturated heterocycles. The van der Waals surface area contributed by atoms with Crippen LogP contribution in [-0.2, 0) is 18.3 Å². The molecule has 0 amide bonds. The van der Waals surface area contributed by atoms with Crippen molar-refractivity contribution in [1.29, 1.82) is 5.26 Å². The Balaban J connectivity index is 0.000000810. The van der Waals surface area contributed by atoms with Gasteiger partial charge in [0.1, 0.15) is 0 Å².